The van der Waals surface area contributed by atoms with Crippen molar-refractivity contribution in [1.82, 2.24) is 0 Å². The third-order valence-electron chi connectivity index (χ3n) is 4.62. The predicted octanol–water partition coefficient (Wildman–Crippen LogP) is 5.92. The van der Waals surface area contributed by atoms with Gasteiger partial charge in [-0.05, 0) is 47.5 Å². The molecule has 0 N–H and O–H groups in total. The van der Waals surface area contributed by atoms with Gasteiger partial charge in [-0.3, -0.25) is 0 Å². The summed E-state index contributed by atoms with van der Waals surface area (Å²) < 4.78 is 45.3. The average molecular weight is 492 g/mol. The lowest BCUT2D eigenvalue weighted by molar-refractivity contribution is 0.400. The van der Waals surface area contributed by atoms with Crippen LogP contribution >= 0.6 is 0 Å². The molecule has 4 aromatic rings. The maximum Gasteiger partial charge on any atom is 0.339 e. The molecule has 8 heteroatoms. The Morgan fingerprint density at radius 1 is 0.583 bits per heavy atom. The summed E-state index contributed by atoms with van der Waals surface area (Å²) in [5, 5.41) is 0. The van der Waals surface area contributed by atoms with Gasteiger partial charge < -0.3 is 18.3 Å². The standard InChI is InChI=1S/2C14H11FO3/c2*1-17-13-8-12(18-14(16)9-13)7-4-10-2-5-11(15)6-3-10/h2*2-9H,1H3/b2*7-4+. The molecule has 0 radical (unpaired) electrons. The summed E-state index contributed by atoms with van der Waals surface area (Å²) >= 11 is 0. The topological polar surface area (TPSA) is 78.9 Å². The summed E-state index contributed by atoms with van der Waals surface area (Å²) in [4.78, 5) is 22.4. The van der Waals surface area contributed by atoms with Gasteiger partial charge in [-0.25, -0.2) is 18.4 Å². The second-order valence-electron chi connectivity index (χ2n) is 7.21. The number of rotatable bonds is 6. The number of hydrogen-bond donors (Lipinski definition) is 0. The maximum atomic E-state index is 12.7. The van der Waals surface area contributed by atoms with Crippen LogP contribution in [0, 0.1) is 11.6 Å². The van der Waals surface area contributed by atoms with Crippen molar-refractivity contribution < 1.29 is 27.1 Å². The fraction of sp³-hybridized carbons (Fsp3) is 0.0714. The second kappa shape index (κ2) is 12.7. The molecule has 0 unspecified atom stereocenters. The zero-order chi connectivity index (χ0) is 25.9. The quantitative estimate of drug-likeness (QED) is 0.333. The predicted molar refractivity (Wildman–Crippen MR) is 134 cm³/mol. The monoisotopic (exact) mass is 492 g/mol. The van der Waals surface area contributed by atoms with E-state index in [9.17, 15) is 18.4 Å². The van der Waals surface area contributed by atoms with E-state index in [4.69, 9.17) is 18.3 Å². The van der Waals surface area contributed by atoms with Crippen molar-refractivity contribution in [2.45, 2.75) is 0 Å². The van der Waals surface area contributed by atoms with Gasteiger partial charge in [-0.2, -0.15) is 0 Å². The summed E-state index contributed by atoms with van der Waals surface area (Å²) in [6.07, 6.45) is 6.68. The molecule has 0 fully saturated rings. The normalized spacial score (nSPS) is 10.8. The average Bonchev–Trinajstić information content (AvgIpc) is 2.88. The Morgan fingerprint density at radius 2 is 0.944 bits per heavy atom. The second-order valence-corrected chi connectivity index (χ2v) is 7.21. The molecule has 0 saturated carbocycles. The number of methoxy groups -OCH3 is 2. The molecule has 0 aliphatic carbocycles. The van der Waals surface area contributed by atoms with E-state index in [2.05, 4.69) is 0 Å². The Morgan fingerprint density at radius 3 is 1.28 bits per heavy atom. The molecule has 0 atom stereocenters. The minimum atomic E-state index is -0.479. The van der Waals surface area contributed by atoms with E-state index < -0.39 is 11.3 Å². The molecule has 2 aromatic heterocycles. The van der Waals surface area contributed by atoms with E-state index in [1.807, 2.05) is 0 Å². The first-order chi connectivity index (χ1) is 17.3. The van der Waals surface area contributed by atoms with Crippen LogP contribution in [-0.4, -0.2) is 14.2 Å². The fourth-order valence-corrected chi connectivity index (χ4v) is 2.85. The molecule has 2 heterocycles. The molecule has 6 nitrogen and oxygen atoms in total. The molecule has 2 aromatic carbocycles. The maximum absolute atomic E-state index is 12.7. The number of benzene rings is 2. The van der Waals surface area contributed by atoms with Crippen LogP contribution in [-0.2, 0) is 0 Å². The molecule has 0 amide bonds. The zero-order valence-corrected chi connectivity index (χ0v) is 19.4. The van der Waals surface area contributed by atoms with Crippen LogP contribution in [0.2, 0.25) is 0 Å². The van der Waals surface area contributed by atoms with Crippen LogP contribution in [0.1, 0.15) is 22.6 Å². The third kappa shape index (κ3) is 8.25. The highest BCUT2D eigenvalue weighted by Gasteiger charge is 2.00. The van der Waals surface area contributed by atoms with Crippen molar-refractivity contribution in [2.75, 3.05) is 14.2 Å². The zero-order valence-electron chi connectivity index (χ0n) is 19.4. The molecule has 0 spiro atoms. The number of hydrogen-bond acceptors (Lipinski definition) is 6. The highest BCUT2D eigenvalue weighted by Crippen LogP contribution is 2.14. The highest BCUT2D eigenvalue weighted by molar-refractivity contribution is 5.68. The Bertz CT molecular complexity index is 1340. The lowest BCUT2D eigenvalue weighted by Gasteiger charge is -1.98. The molecular weight excluding hydrogens is 470 g/mol. The van der Waals surface area contributed by atoms with E-state index >= 15 is 0 Å². The lowest BCUT2D eigenvalue weighted by Crippen LogP contribution is -1.98. The Hall–Kier alpha value is -4.72. The summed E-state index contributed by atoms with van der Waals surface area (Å²) in [5.41, 5.74) is 0.657. The van der Waals surface area contributed by atoms with E-state index in [0.29, 0.717) is 23.0 Å². The molecular formula is C28H22F2O6. The van der Waals surface area contributed by atoms with Gasteiger partial charge in [0.1, 0.15) is 34.7 Å². The molecule has 0 aliphatic rings. The largest absolute Gasteiger partial charge is 0.496 e. The van der Waals surface area contributed by atoms with Crippen molar-refractivity contribution in [3.63, 3.8) is 0 Å². The van der Waals surface area contributed by atoms with Crippen LogP contribution in [0.15, 0.2) is 91.2 Å². The first-order valence-corrected chi connectivity index (χ1v) is 10.6. The fourth-order valence-electron chi connectivity index (χ4n) is 2.85. The smallest absolute Gasteiger partial charge is 0.339 e. The number of halogens is 2. The molecule has 0 saturated heterocycles. The van der Waals surface area contributed by atoms with Crippen molar-refractivity contribution in [3.8, 4) is 11.5 Å². The van der Waals surface area contributed by atoms with Gasteiger partial charge in [0.05, 0.1) is 26.4 Å². The summed E-state index contributed by atoms with van der Waals surface area (Å²) in [6.45, 7) is 0. The summed E-state index contributed by atoms with van der Waals surface area (Å²) in [7, 11) is 2.95. The van der Waals surface area contributed by atoms with Crippen molar-refractivity contribution in [2.24, 2.45) is 0 Å². The molecule has 0 bridgehead atoms. The van der Waals surface area contributed by atoms with Crippen LogP contribution < -0.4 is 20.7 Å². The van der Waals surface area contributed by atoms with Crippen LogP contribution in [0.4, 0.5) is 8.78 Å². The minimum Gasteiger partial charge on any atom is -0.496 e. The van der Waals surface area contributed by atoms with Crippen LogP contribution in [0.3, 0.4) is 0 Å². The van der Waals surface area contributed by atoms with Crippen molar-refractivity contribution in [3.05, 3.63) is 128 Å². The van der Waals surface area contributed by atoms with E-state index in [-0.39, 0.29) is 11.6 Å². The van der Waals surface area contributed by atoms with E-state index in [1.165, 1.54) is 50.6 Å². The first kappa shape index (κ1) is 25.9. The summed E-state index contributed by atoms with van der Waals surface area (Å²) in [5.74, 6) is 1.04. The van der Waals surface area contributed by atoms with E-state index in [1.54, 1.807) is 60.7 Å². The molecule has 4 rings (SSSR count). The minimum absolute atomic E-state index is 0.292. The molecule has 184 valence electrons. The van der Waals surface area contributed by atoms with Gasteiger partial charge in [-0.15, -0.1) is 0 Å². The third-order valence-corrected chi connectivity index (χ3v) is 4.62. The van der Waals surface area contributed by atoms with Gasteiger partial charge in [0.2, 0.25) is 0 Å². The Balaban J connectivity index is 0.000000201. The van der Waals surface area contributed by atoms with Gasteiger partial charge in [0.25, 0.3) is 0 Å². The Kier molecular flexibility index (Phi) is 9.11. The van der Waals surface area contributed by atoms with Gasteiger partial charge in [-0.1, -0.05) is 36.4 Å². The number of ether oxygens (including phenoxy) is 2. The van der Waals surface area contributed by atoms with Crippen molar-refractivity contribution in [1.29, 1.82) is 0 Å². The van der Waals surface area contributed by atoms with Gasteiger partial charge in [0.15, 0.2) is 0 Å². The van der Waals surface area contributed by atoms with Gasteiger partial charge >= 0.3 is 11.3 Å². The van der Waals surface area contributed by atoms with Crippen LogP contribution in [0.5, 0.6) is 11.5 Å². The summed E-state index contributed by atoms with van der Waals surface area (Å²) in [6, 6.07) is 17.7. The SMILES string of the molecule is COc1cc(/C=C/c2ccc(F)cc2)oc(=O)c1.COc1cc(/C=C/c2ccc(F)cc2)oc(=O)c1. The molecule has 36 heavy (non-hydrogen) atoms. The van der Waals surface area contributed by atoms with Gasteiger partial charge in [0, 0.05) is 12.1 Å². The van der Waals surface area contributed by atoms with Crippen LogP contribution in [0.25, 0.3) is 24.3 Å². The van der Waals surface area contributed by atoms with Crippen molar-refractivity contribution >= 4 is 24.3 Å². The van der Waals surface area contributed by atoms with E-state index in [0.717, 1.165) is 11.1 Å². The Labute approximate surface area is 205 Å². The lowest BCUT2D eigenvalue weighted by atomic mass is 10.2. The molecule has 0 aliphatic heterocycles. The highest BCUT2D eigenvalue weighted by atomic mass is 19.1. The first-order valence-electron chi connectivity index (χ1n) is 10.6.